The second kappa shape index (κ2) is 9.76. The highest BCUT2D eigenvalue weighted by molar-refractivity contribution is 6.33. The van der Waals surface area contributed by atoms with E-state index >= 15 is 0 Å². The molecule has 0 aromatic heterocycles. The molecule has 148 valence electrons. The van der Waals surface area contributed by atoms with Crippen LogP contribution in [0.4, 0.5) is 0 Å². The van der Waals surface area contributed by atoms with Gasteiger partial charge in [0.05, 0.1) is 11.1 Å². The van der Waals surface area contributed by atoms with E-state index in [1.807, 2.05) is 12.2 Å². The monoisotopic (exact) mass is 396 g/mol. The predicted molar refractivity (Wildman–Crippen MR) is 101 cm³/mol. The Balaban J connectivity index is 2.38. The van der Waals surface area contributed by atoms with Crippen molar-refractivity contribution in [3.8, 4) is 11.5 Å². The minimum absolute atomic E-state index is 0.00574. The number of halogens is 1. The van der Waals surface area contributed by atoms with E-state index in [1.54, 1.807) is 6.92 Å². The molecule has 0 bridgehead atoms. The first-order valence-corrected chi connectivity index (χ1v) is 9.46. The smallest absolute Gasteiger partial charge is 0.342 e. The minimum Gasteiger partial charge on any atom is -0.507 e. The molecule has 0 radical (unpaired) electrons. The number of ether oxygens (including phenoxy) is 1. The maximum absolute atomic E-state index is 12.6. The number of allylic oxidation sites excluding steroid dienone is 1. The standard InChI is InChI=1S/C20H25ClO6/c1-12-7-5-3-2-4-6-8-13(22)9-14(23)10-15-18(20(26)27-12)16(24)11-17(25)19(15)21/h3,5,11-13,22,24-25H,2,4,6-10H2,1H3/b5-3+/t12-,13-/m1/s1. The Morgan fingerprint density at radius 1 is 1.15 bits per heavy atom. The Labute approximate surface area is 163 Å². The van der Waals surface area contributed by atoms with Crippen LogP contribution in [0.5, 0.6) is 11.5 Å². The number of hydrogen-bond acceptors (Lipinski definition) is 6. The topological polar surface area (TPSA) is 104 Å². The van der Waals surface area contributed by atoms with Crippen LogP contribution in [0.1, 0.15) is 61.4 Å². The Morgan fingerprint density at radius 3 is 2.63 bits per heavy atom. The SMILES string of the molecule is C[C@@H]1C/C=C/CCCC[C@@H](O)CC(=O)Cc2c(Cl)c(O)cc(O)c2C(=O)O1. The number of phenols is 2. The molecule has 2 atom stereocenters. The van der Waals surface area contributed by atoms with Gasteiger partial charge in [-0.15, -0.1) is 0 Å². The van der Waals surface area contributed by atoms with Gasteiger partial charge in [0.2, 0.25) is 0 Å². The fourth-order valence-electron chi connectivity index (χ4n) is 3.05. The minimum atomic E-state index is -0.814. The molecule has 0 spiro atoms. The third-order valence-electron chi connectivity index (χ3n) is 4.46. The van der Waals surface area contributed by atoms with E-state index in [-0.39, 0.29) is 34.8 Å². The Bertz CT molecular complexity index is 728. The molecular formula is C20H25ClO6. The molecule has 0 fully saturated rings. The third kappa shape index (κ3) is 5.97. The van der Waals surface area contributed by atoms with Crippen LogP contribution in [0.25, 0.3) is 0 Å². The predicted octanol–water partition coefficient (Wildman–Crippen LogP) is 3.68. The largest absolute Gasteiger partial charge is 0.507 e. The second-order valence-corrected chi connectivity index (χ2v) is 7.24. The van der Waals surface area contributed by atoms with Gasteiger partial charge in [-0.05, 0) is 26.2 Å². The molecule has 0 saturated carbocycles. The molecule has 3 N–H and O–H groups in total. The Morgan fingerprint density at radius 2 is 1.89 bits per heavy atom. The lowest BCUT2D eigenvalue weighted by Gasteiger charge is -2.17. The number of aromatic hydroxyl groups is 2. The van der Waals surface area contributed by atoms with Gasteiger partial charge in [-0.1, -0.05) is 30.2 Å². The summed E-state index contributed by atoms with van der Waals surface area (Å²) >= 11 is 6.09. The number of rotatable bonds is 0. The molecule has 0 saturated heterocycles. The van der Waals surface area contributed by atoms with Crippen molar-refractivity contribution < 1.29 is 29.6 Å². The van der Waals surface area contributed by atoms with Gasteiger partial charge in [-0.3, -0.25) is 4.79 Å². The molecule has 6 nitrogen and oxygen atoms in total. The van der Waals surface area contributed by atoms with Gasteiger partial charge in [0, 0.05) is 30.9 Å². The fourth-order valence-corrected chi connectivity index (χ4v) is 3.27. The van der Waals surface area contributed by atoms with E-state index in [9.17, 15) is 24.9 Å². The first-order chi connectivity index (χ1) is 12.8. The summed E-state index contributed by atoms with van der Waals surface area (Å²) in [5.74, 6) is -2.09. The first kappa shape index (κ1) is 21.3. The second-order valence-electron chi connectivity index (χ2n) is 6.86. The molecule has 0 aliphatic carbocycles. The normalized spacial score (nSPS) is 24.1. The number of phenolic OH excluding ortho intramolecular Hbond substituents is 2. The van der Waals surface area contributed by atoms with Gasteiger partial charge >= 0.3 is 5.97 Å². The van der Waals surface area contributed by atoms with Gasteiger partial charge in [-0.25, -0.2) is 4.79 Å². The number of aliphatic hydroxyl groups is 1. The summed E-state index contributed by atoms with van der Waals surface area (Å²) < 4.78 is 5.36. The van der Waals surface area contributed by atoms with Gasteiger partial charge in [0.25, 0.3) is 0 Å². The molecule has 1 aromatic carbocycles. The maximum Gasteiger partial charge on any atom is 0.342 e. The number of fused-ring (bicyclic) bond motifs is 1. The van der Waals surface area contributed by atoms with Crippen LogP contribution >= 0.6 is 11.6 Å². The number of hydrogen-bond donors (Lipinski definition) is 3. The van der Waals surface area contributed by atoms with E-state index in [2.05, 4.69) is 0 Å². The molecule has 7 heteroatoms. The van der Waals surface area contributed by atoms with Gasteiger partial charge in [0.1, 0.15) is 28.9 Å². The summed E-state index contributed by atoms with van der Waals surface area (Å²) in [6.45, 7) is 1.73. The number of benzene rings is 1. The molecule has 1 aliphatic rings. The molecule has 1 aliphatic heterocycles. The van der Waals surface area contributed by atoms with Gasteiger partial charge in [0.15, 0.2) is 0 Å². The van der Waals surface area contributed by atoms with Crippen molar-refractivity contribution in [3.05, 3.63) is 34.4 Å². The lowest BCUT2D eigenvalue weighted by atomic mass is 9.96. The van der Waals surface area contributed by atoms with Crippen molar-refractivity contribution >= 4 is 23.4 Å². The van der Waals surface area contributed by atoms with E-state index in [1.165, 1.54) is 0 Å². The Hall–Kier alpha value is -2.05. The van der Waals surface area contributed by atoms with E-state index in [4.69, 9.17) is 16.3 Å². The number of carbonyl (C=O) groups excluding carboxylic acids is 2. The lowest BCUT2D eigenvalue weighted by molar-refractivity contribution is -0.120. The van der Waals surface area contributed by atoms with E-state index in [0.717, 1.165) is 25.3 Å². The maximum atomic E-state index is 12.6. The first-order valence-electron chi connectivity index (χ1n) is 9.08. The van der Waals surface area contributed by atoms with Crippen LogP contribution in [0.2, 0.25) is 5.02 Å². The van der Waals surface area contributed by atoms with Crippen LogP contribution in [0.15, 0.2) is 18.2 Å². The fraction of sp³-hybridized carbons (Fsp3) is 0.500. The quantitative estimate of drug-likeness (QED) is 0.456. The highest BCUT2D eigenvalue weighted by atomic mass is 35.5. The van der Waals surface area contributed by atoms with Crippen LogP contribution < -0.4 is 0 Å². The molecular weight excluding hydrogens is 372 g/mol. The van der Waals surface area contributed by atoms with Crippen LogP contribution in [0, 0.1) is 0 Å². The third-order valence-corrected chi connectivity index (χ3v) is 4.89. The number of cyclic esters (lactones) is 1. The van der Waals surface area contributed by atoms with Crippen molar-refractivity contribution in [1.29, 1.82) is 0 Å². The summed E-state index contributed by atoms with van der Waals surface area (Å²) in [5, 5.41) is 29.9. The van der Waals surface area contributed by atoms with E-state index in [0.29, 0.717) is 12.8 Å². The zero-order valence-corrected chi connectivity index (χ0v) is 16.0. The van der Waals surface area contributed by atoms with E-state index < -0.39 is 29.7 Å². The number of ketones is 1. The highest BCUT2D eigenvalue weighted by Crippen LogP contribution is 2.37. The Kier molecular flexibility index (Phi) is 7.68. The molecule has 0 unspecified atom stereocenters. The van der Waals surface area contributed by atoms with Gasteiger partial charge in [-0.2, -0.15) is 0 Å². The molecule has 1 heterocycles. The molecule has 2 rings (SSSR count). The molecule has 27 heavy (non-hydrogen) atoms. The zero-order valence-electron chi connectivity index (χ0n) is 15.3. The summed E-state index contributed by atoms with van der Waals surface area (Å²) in [4.78, 5) is 24.9. The van der Waals surface area contributed by atoms with Crippen molar-refractivity contribution in [2.45, 2.75) is 64.1 Å². The molecule has 1 aromatic rings. The summed E-state index contributed by atoms with van der Waals surface area (Å²) in [7, 11) is 0. The van der Waals surface area contributed by atoms with Crippen LogP contribution in [-0.2, 0) is 16.0 Å². The lowest BCUT2D eigenvalue weighted by Crippen LogP contribution is -2.19. The summed E-state index contributed by atoms with van der Waals surface area (Å²) in [6, 6.07) is 0.949. The zero-order chi connectivity index (χ0) is 20.0. The number of carbonyl (C=O) groups is 2. The number of esters is 1. The average Bonchev–Trinajstić information content (AvgIpc) is 2.57. The van der Waals surface area contributed by atoms with Crippen LogP contribution in [-0.4, -0.2) is 39.3 Å². The summed E-state index contributed by atoms with van der Waals surface area (Å²) in [6.07, 6.45) is 5.87. The molecule has 0 amide bonds. The van der Waals surface area contributed by atoms with Crippen molar-refractivity contribution in [2.24, 2.45) is 0 Å². The number of aliphatic hydroxyl groups excluding tert-OH is 1. The van der Waals surface area contributed by atoms with Crippen LogP contribution in [0.3, 0.4) is 0 Å². The van der Waals surface area contributed by atoms with Gasteiger partial charge < -0.3 is 20.1 Å². The van der Waals surface area contributed by atoms with Crippen molar-refractivity contribution in [1.82, 2.24) is 0 Å². The highest BCUT2D eigenvalue weighted by Gasteiger charge is 2.26. The summed E-state index contributed by atoms with van der Waals surface area (Å²) in [5.41, 5.74) is -0.227. The van der Waals surface area contributed by atoms with Crippen molar-refractivity contribution in [3.63, 3.8) is 0 Å². The number of Topliss-reactive ketones (excluding diaryl/α,β-unsaturated/α-hetero) is 1. The average molecular weight is 397 g/mol. The van der Waals surface area contributed by atoms with Crippen molar-refractivity contribution in [2.75, 3.05) is 0 Å².